The molecule has 5 heteroatoms. The molecule has 1 atom stereocenters. The molecule has 3 heterocycles. The van der Waals surface area contributed by atoms with Gasteiger partial charge in [0.05, 0.1) is 7.11 Å². The fourth-order valence-electron chi connectivity index (χ4n) is 4.04. The number of rotatable bonds is 5. The smallest absolute Gasteiger partial charge is 0.212 e. The summed E-state index contributed by atoms with van der Waals surface area (Å²) in [6.45, 7) is 5.67. The minimum atomic E-state index is -0.696. The van der Waals surface area contributed by atoms with Gasteiger partial charge in [0.25, 0.3) is 0 Å². The molecule has 5 nitrogen and oxygen atoms in total. The number of fused-ring (bicyclic) bond motifs is 1. The molecule has 2 aromatic heterocycles. The molecule has 1 aliphatic heterocycles. The third-order valence-electron chi connectivity index (χ3n) is 5.74. The lowest BCUT2D eigenvalue weighted by molar-refractivity contribution is 0.197. The van der Waals surface area contributed by atoms with Crippen molar-refractivity contribution in [1.82, 2.24) is 14.5 Å². The van der Waals surface area contributed by atoms with Gasteiger partial charge in [0, 0.05) is 48.7 Å². The van der Waals surface area contributed by atoms with E-state index < -0.39 is 6.10 Å². The van der Waals surface area contributed by atoms with E-state index in [0.29, 0.717) is 11.9 Å². The van der Waals surface area contributed by atoms with Crippen LogP contribution in [0.25, 0.3) is 10.9 Å². The molecule has 27 heavy (non-hydrogen) atoms. The number of aromatic nitrogens is 2. The van der Waals surface area contributed by atoms with Crippen molar-refractivity contribution in [2.45, 2.75) is 31.9 Å². The van der Waals surface area contributed by atoms with E-state index in [1.807, 2.05) is 12.1 Å². The molecule has 1 saturated heterocycles. The zero-order valence-corrected chi connectivity index (χ0v) is 16.0. The Balaban J connectivity index is 1.61. The van der Waals surface area contributed by atoms with Gasteiger partial charge in [0.15, 0.2) is 0 Å². The normalized spacial score (nSPS) is 17.3. The van der Waals surface area contributed by atoms with Crippen LogP contribution in [0.2, 0.25) is 0 Å². The predicted octanol–water partition coefficient (Wildman–Crippen LogP) is 3.78. The fraction of sp³-hybridized carbons (Fsp3) is 0.409. The summed E-state index contributed by atoms with van der Waals surface area (Å²) in [6.07, 6.45) is 5.52. The molecule has 1 N–H and O–H groups in total. The van der Waals surface area contributed by atoms with Gasteiger partial charge in [-0.3, -0.25) is 0 Å². The van der Waals surface area contributed by atoms with Crippen molar-refractivity contribution in [1.29, 1.82) is 0 Å². The Kier molecular flexibility index (Phi) is 5.14. The Morgan fingerprint density at radius 2 is 1.93 bits per heavy atom. The van der Waals surface area contributed by atoms with Gasteiger partial charge in [0.2, 0.25) is 5.88 Å². The molecule has 0 aliphatic carbocycles. The fourth-order valence-corrected chi connectivity index (χ4v) is 4.04. The van der Waals surface area contributed by atoms with Crippen molar-refractivity contribution in [2.24, 2.45) is 0 Å². The minimum absolute atomic E-state index is 0.528. The Labute approximate surface area is 160 Å². The van der Waals surface area contributed by atoms with Crippen molar-refractivity contribution in [3.8, 4) is 5.88 Å². The molecule has 0 radical (unpaired) electrons. The van der Waals surface area contributed by atoms with Crippen LogP contribution in [0, 0.1) is 0 Å². The number of pyridine rings is 1. The standard InChI is InChI=1S/C22H27N3O2/c1-3-24-11-9-19(10-12-24)25-13-8-16-4-5-17(14-20(16)25)22(26)18-6-7-21(27-2)23-15-18/h4-8,13-15,19,22,26H,3,9-12H2,1-2H3. The van der Waals surface area contributed by atoms with E-state index in [9.17, 15) is 5.11 Å². The van der Waals surface area contributed by atoms with Crippen molar-refractivity contribution in [2.75, 3.05) is 26.7 Å². The van der Waals surface area contributed by atoms with Crippen molar-refractivity contribution in [3.05, 3.63) is 59.9 Å². The van der Waals surface area contributed by atoms with E-state index in [-0.39, 0.29) is 0 Å². The summed E-state index contributed by atoms with van der Waals surface area (Å²) in [5, 5.41) is 12.0. The molecule has 0 spiro atoms. The van der Waals surface area contributed by atoms with Crippen LogP contribution in [0.1, 0.15) is 43.0 Å². The van der Waals surface area contributed by atoms with Crippen LogP contribution < -0.4 is 4.74 Å². The van der Waals surface area contributed by atoms with Gasteiger partial charge in [0.1, 0.15) is 6.10 Å². The number of nitrogens with zero attached hydrogens (tertiary/aromatic N) is 3. The number of aliphatic hydroxyl groups excluding tert-OH is 1. The first kappa shape index (κ1) is 18.0. The highest BCUT2D eigenvalue weighted by atomic mass is 16.5. The van der Waals surface area contributed by atoms with Crippen LogP contribution in [0.5, 0.6) is 5.88 Å². The maximum Gasteiger partial charge on any atom is 0.212 e. The van der Waals surface area contributed by atoms with Gasteiger partial charge in [-0.25, -0.2) is 4.98 Å². The summed E-state index contributed by atoms with van der Waals surface area (Å²) in [5.41, 5.74) is 2.85. The van der Waals surface area contributed by atoms with E-state index >= 15 is 0 Å². The monoisotopic (exact) mass is 365 g/mol. The molecule has 142 valence electrons. The van der Waals surface area contributed by atoms with Gasteiger partial charge in [-0.1, -0.05) is 19.1 Å². The van der Waals surface area contributed by atoms with Crippen LogP contribution in [0.3, 0.4) is 0 Å². The third-order valence-corrected chi connectivity index (χ3v) is 5.74. The van der Waals surface area contributed by atoms with E-state index in [2.05, 4.69) is 45.8 Å². The average Bonchev–Trinajstić information content (AvgIpc) is 3.16. The summed E-state index contributed by atoms with van der Waals surface area (Å²) in [5.74, 6) is 0.550. The van der Waals surface area contributed by atoms with Crippen LogP contribution in [-0.2, 0) is 0 Å². The van der Waals surface area contributed by atoms with E-state index in [0.717, 1.165) is 30.8 Å². The number of hydrogen-bond acceptors (Lipinski definition) is 4. The number of benzene rings is 1. The molecule has 0 amide bonds. The Morgan fingerprint density at radius 3 is 2.59 bits per heavy atom. The number of hydrogen-bond donors (Lipinski definition) is 1. The highest BCUT2D eigenvalue weighted by Gasteiger charge is 2.21. The van der Waals surface area contributed by atoms with E-state index in [4.69, 9.17) is 4.74 Å². The highest BCUT2D eigenvalue weighted by Crippen LogP contribution is 2.31. The SMILES string of the molecule is CCN1CCC(n2ccc3ccc(C(O)c4ccc(OC)nc4)cc32)CC1. The van der Waals surface area contributed by atoms with Crippen molar-refractivity contribution in [3.63, 3.8) is 0 Å². The van der Waals surface area contributed by atoms with Gasteiger partial charge >= 0.3 is 0 Å². The zero-order valence-electron chi connectivity index (χ0n) is 16.0. The largest absolute Gasteiger partial charge is 0.481 e. The maximum absolute atomic E-state index is 10.8. The second-order valence-electron chi connectivity index (χ2n) is 7.24. The van der Waals surface area contributed by atoms with Crippen molar-refractivity contribution >= 4 is 10.9 Å². The van der Waals surface area contributed by atoms with Crippen LogP contribution >= 0.6 is 0 Å². The highest BCUT2D eigenvalue weighted by molar-refractivity contribution is 5.81. The molecule has 0 saturated carbocycles. The second kappa shape index (κ2) is 7.71. The molecule has 1 unspecified atom stereocenters. The number of aliphatic hydroxyl groups is 1. The van der Waals surface area contributed by atoms with Crippen LogP contribution in [0.4, 0.5) is 0 Å². The molecule has 0 bridgehead atoms. The Morgan fingerprint density at radius 1 is 1.15 bits per heavy atom. The first-order valence-electron chi connectivity index (χ1n) is 9.70. The first-order chi connectivity index (χ1) is 13.2. The van der Waals surface area contributed by atoms with Gasteiger partial charge in [-0.05, 0) is 48.5 Å². The zero-order chi connectivity index (χ0) is 18.8. The van der Waals surface area contributed by atoms with Gasteiger partial charge in [-0.2, -0.15) is 0 Å². The first-order valence-corrected chi connectivity index (χ1v) is 9.70. The summed E-state index contributed by atoms with van der Waals surface area (Å²) in [6, 6.07) is 12.6. The topological polar surface area (TPSA) is 50.5 Å². The maximum atomic E-state index is 10.8. The minimum Gasteiger partial charge on any atom is -0.481 e. The van der Waals surface area contributed by atoms with E-state index in [1.165, 1.54) is 23.7 Å². The van der Waals surface area contributed by atoms with Crippen molar-refractivity contribution < 1.29 is 9.84 Å². The quantitative estimate of drug-likeness (QED) is 0.747. The van der Waals surface area contributed by atoms with Gasteiger partial charge in [-0.15, -0.1) is 0 Å². The molecule has 4 rings (SSSR count). The molecule has 1 fully saturated rings. The summed E-state index contributed by atoms with van der Waals surface area (Å²) >= 11 is 0. The van der Waals surface area contributed by atoms with Gasteiger partial charge < -0.3 is 19.3 Å². The predicted molar refractivity (Wildman–Crippen MR) is 107 cm³/mol. The average molecular weight is 365 g/mol. The number of likely N-dealkylation sites (tertiary alicyclic amines) is 1. The molecular weight excluding hydrogens is 338 g/mol. The van der Waals surface area contributed by atoms with Crippen LogP contribution in [-0.4, -0.2) is 46.3 Å². The van der Waals surface area contributed by atoms with E-state index in [1.54, 1.807) is 19.4 Å². The Hall–Kier alpha value is -2.37. The molecule has 1 aromatic carbocycles. The van der Waals surface area contributed by atoms with Crippen LogP contribution in [0.15, 0.2) is 48.8 Å². The summed E-state index contributed by atoms with van der Waals surface area (Å²) < 4.78 is 7.49. The third kappa shape index (κ3) is 3.57. The summed E-state index contributed by atoms with van der Waals surface area (Å²) in [7, 11) is 1.59. The lowest BCUT2D eigenvalue weighted by atomic mass is 10.0. The summed E-state index contributed by atoms with van der Waals surface area (Å²) in [4.78, 5) is 6.72. The molecule has 1 aliphatic rings. The number of ether oxygens (including phenoxy) is 1. The lowest BCUT2D eigenvalue weighted by Crippen LogP contribution is -2.34. The molecular formula is C22H27N3O2. The second-order valence-corrected chi connectivity index (χ2v) is 7.24. The molecule has 3 aromatic rings. The lowest BCUT2D eigenvalue weighted by Gasteiger charge is -2.32. The number of piperidine rings is 1. The Bertz CT molecular complexity index is 896. The number of methoxy groups -OCH3 is 1.